The molecule has 0 atom stereocenters. The molecule has 1 N–H and O–H groups in total. The van der Waals surface area contributed by atoms with E-state index in [1.54, 1.807) is 11.6 Å². The minimum Gasteiger partial charge on any atom is -0.350 e. The van der Waals surface area contributed by atoms with Crippen LogP contribution in [-0.2, 0) is 7.05 Å². The average molecular weight is 382 g/mol. The highest BCUT2D eigenvalue weighted by atomic mass is 16.2. The SMILES string of the molecule is Cn1c(=O)cc(C(=O)NCC2(N3CCCCC3)CCCCC2)c2ccccc21. The van der Waals surface area contributed by atoms with Gasteiger partial charge in [0.15, 0.2) is 0 Å². The number of rotatable bonds is 4. The molecule has 1 aromatic carbocycles. The fourth-order valence-corrected chi connectivity index (χ4v) is 5.12. The lowest BCUT2D eigenvalue weighted by Crippen LogP contribution is -2.58. The molecule has 0 unspecified atom stereocenters. The van der Waals surface area contributed by atoms with Gasteiger partial charge in [0.25, 0.3) is 11.5 Å². The van der Waals surface area contributed by atoms with Gasteiger partial charge < -0.3 is 9.88 Å². The molecule has 1 saturated carbocycles. The molecule has 1 amide bonds. The normalized spacial score (nSPS) is 20.2. The van der Waals surface area contributed by atoms with E-state index in [-0.39, 0.29) is 17.0 Å². The minimum atomic E-state index is -0.146. The monoisotopic (exact) mass is 381 g/mol. The summed E-state index contributed by atoms with van der Waals surface area (Å²) in [6, 6.07) is 9.11. The molecule has 1 aliphatic heterocycles. The number of carbonyl (C=O) groups excluding carboxylic acids is 1. The number of aromatic nitrogens is 1. The summed E-state index contributed by atoms with van der Waals surface area (Å²) < 4.78 is 1.60. The van der Waals surface area contributed by atoms with Gasteiger partial charge in [-0.15, -0.1) is 0 Å². The van der Waals surface area contributed by atoms with Crippen molar-refractivity contribution in [2.24, 2.45) is 7.05 Å². The van der Waals surface area contributed by atoms with E-state index in [9.17, 15) is 9.59 Å². The van der Waals surface area contributed by atoms with Crippen molar-refractivity contribution in [2.45, 2.75) is 56.9 Å². The molecule has 0 radical (unpaired) electrons. The molecule has 4 rings (SSSR count). The van der Waals surface area contributed by atoms with Gasteiger partial charge in [0, 0.05) is 30.6 Å². The first-order valence-corrected chi connectivity index (χ1v) is 10.7. The van der Waals surface area contributed by atoms with Crippen LogP contribution < -0.4 is 10.9 Å². The maximum Gasteiger partial charge on any atom is 0.252 e. The fourth-order valence-electron chi connectivity index (χ4n) is 5.12. The number of benzene rings is 1. The molecule has 2 aromatic rings. The van der Waals surface area contributed by atoms with E-state index < -0.39 is 0 Å². The van der Waals surface area contributed by atoms with Gasteiger partial charge in [-0.1, -0.05) is 43.9 Å². The number of carbonyl (C=O) groups is 1. The van der Waals surface area contributed by atoms with Gasteiger partial charge in [-0.25, -0.2) is 0 Å². The lowest BCUT2D eigenvalue weighted by Gasteiger charge is -2.48. The zero-order valence-corrected chi connectivity index (χ0v) is 16.9. The minimum absolute atomic E-state index is 0.0872. The van der Waals surface area contributed by atoms with E-state index in [0.717, 1.165) is 36.8 Å². The summed E-state index contributed by atoms with van der Waals surface area (Å²) in [5, 5.41) is 4.05. The van der Waals surface area contributed by atoms with Crippen molar-refractivity contribution in [3.63, 3.8) is 0 Å². The molecule has 2 aliphatic rings. The lowest BCUT2D eigenvalue weighted by atomic mass is 9.79. The van der Waals surface area contributed by atoms with E-state index in [0.29, 0.717) is 12.1 Å². The number of likely N-dealkylation sites (tertiary alicyclic amines) is 1. The molecule has 1 aliphatic carbocycles. The third kappa shape index (κ3) is 3.60. The predicted octanol–water partition coefficient (Wildman–Crippen LogP) is 3.46. The summed E-state index contributed by atoms with van der Waals surface area (Å²) in [6.45, 7) is 2.96. The number of para-hydroxylation sites is 1. The summed E-state index contributed by atoms with van der Waals surface area (Å²) in [6.07, 6.45) is 9.92. The summed E-state index contributed by atoms with van der Waals surface area (Å²) in [7, 11) is 1.75. The number of fused-ring (bicyclic) bond motifs is 1. The molecule has 28 heavy (non-hydrogen) atoms. The lowest BCUT2D eigenvalue weighted by molar-refractivity contribution is 0.0327. The van der Waals surface area contributed by atoms with Crippen LogP contribution in [0.1, 0.15) is 61.7 Å². The highest BCUT2D eigenvalue weighted by molar-refractivity contribution is 6.06. The molecule has 2 heterocycles. The Hall–Kier alpha value is -2.14. The second-order valence-corrected chi connectivity index (χ2v) is 8.49. The molecule has 0 bridgehead atoms. The first kappa shape index (κ1) is 19.2. The van der Waals surface area contributed by atoms with Crippen molar-refractivity contribution in [3.05, 3.63) is 46.2 Å². The van der Waals surface area contributed by atoms with Crippen molar-refractivity contribution >= 4 is 16.8 Å². The standard InChI is InChI=1S/C23H31N3O2/c1-25-20-11-5-4-10-18(20)19(16-21(25)27)22(28)24-17-23(12-6-2-7-13-23)26-14-8-3-9-15-26/h4-5,10-11,16H,2-3,6-9,12-15,17H2,1H3,(H,24,28). The summed E-state index contributed by atoms with van der Waals surface area (Å²) >= 11 is 0. The van der Waals surface area contributed by atoms with Gasteiger partial charge in [-0.2, -0.15) is 0 Å². The van der Waals surface area contributed by atoms with Crippen molar-refractivity contribution < 1.29 is 4.79 Å². The van der Waals surface area contributed by atoms with Crippen molar-refractivity contribution in [3.8, 4) is 0 Å². The third-order valence-electron chi connectivity index (χ3n) is 6.79. The van der Waals surface area contributed by atoms with Gasteiger partial charge >= 0.3 is 0 Å². The Kier molecular flexibility index (Phi) is 5.54. The first-order chi connectivity index (χ1) is 13.6. The second kappa shape index (κ2) is 8.08. The van der Waals surface area contributed by atoms with E-state index in [4.69, 9.17) is 0 Å². The maximum atomic E-state index is 13.1. The zero-order valence-electron chi connectivity index (χ0n) is 16.9. The average Bonchev–Trinajstić information content (AvgIpc) is 2.76. The molecule has 1 aromatic heterocycles. The Morgan fingerprint density at radius 3 is 2.46 bits per heavy atom. The molecule has 2 fully saturated rings. The van der Waals surface area contributed by atoms with Crippen LogP contribution in [-0.4, -0.2) is 40.5 Å². The molecule has 150 valence electrons. The summed E-state index contributed by atoms with van der Waals surface area (Å²) in [5.41, 5.74) is 1.23. The van der Waals surface area contributed by atoms with E-state index >= 15 is 0 Å². The number of nitrogens with one attached hydrogen (secondary N) is 1. The zero-order chi connectivity index (χ0) is 19.6. The van der Waals surface area contributed by atoms with Crippen LogP contribution in [0.25, 0.3) is 10.9 Å². The van der Waals surface area contributed by atoms with Crippen LogP contribution in [0, 0.1) is 0 Å². The second-order valence-electron chi connectivity index (χ2n) is 8.49. The van der Waals surface area contributed by atoms with Crippen molar-refractivity contribution in [2.75, 3.05) is 19.6 Å². The van der Waals surface area contributed by atoms with Gasteiger partial charge in [-0.3, -0.25) is 14.5 Å². The van der Waals surface area contributed by atoms with Crippen LogP contribution in [0.5, 0.6) is 0 Å². The molecule has 0 spiro atoms. The van der Waals surface area contributed by atoms with Crippen LogP contribution in [0.2, 0.25) is 0 Å². The Morgan fingerprint density at radius 1 is 1.04 bits per heavy atom. The fraction of sp³-hybridized carbons (Fsp3) is 0.565. The Bertz CT molecular complexity index is 906. The summed E-state index contributed by atoms with van der Waals surface area (Å²) in [5.74, 6) is -0.129. The molecular formula is C23H31N3O2. The highest BCUT2D eigenvalue weighted by Gasteiger charge is 2.38. The van der Waals surface area contributed by atoms with Gasteiger partial charge in [-0.05, 0) is 44.8 Å². The molecule has 5 nitrogen and oxygen atoms in total. The van der Waals surface area contributed by atoms with E-state index in [2.05, 4.69) is 10.2 Å². The number of amides is 1. The maximum absolute atomic E-state index is 13.1. The summed E-state index contributed by atoms with van der Waals surface area (Å²) in [4.78, 5) is 28.1. The van der Waals surface area contributed by atoms with Gasteiger partial charge in [0.05, 0.1) is 11.1 Å². The van der Waals surface area contributed by atoms with Crippen LogP contribution in [0.4, 0.5) is 0 Å². The number of piperidine rings is 1. The van der Waals surface area contributed by atoms with Crippen LogP contribution in [0.15, 0.2) is 35.1 Å². The smallest absolute Gasteiger partial charge is 0.252 e. The number of hydrogen-bond donors (Lipinski definition) is 1. The Labute approximate surface area is 166 Å². The predicted molar refractivity (Wildman–Crippen MR) is 113 cm³/mol. The van der Waals surface area contributed by atoms with E-state index in [1.165, 1.54) is 44.6 Å². The van der Waals surface area contributed by atoms with Gasteiger partial charge in [0.2, 0.25) is 0 Å². The number of aryl methyl sites for hydroxylation is 1. The molecule has 5 heteroatoms. The quantitative estimate of drug-likeness (QED) is 0.882. The van der Waals surface area contributed by atoms with Crippen molar-refractivity contribution in [1.82, 2.24) is 14.8 Å². The van der Waals surface area contributed by atoms with Crippen molar-refractivity contribution in [1.29, 1.82) is 0 Å². The first-order valence-electron chi connectivity index (χ1n) is 10.7. The number of hydrogen-bond acceptors (Lipinski definition) is 3. The molecule has 1 saturated heterocycles. The number of pyridine rings is 1. The van der Waals surface area contributed by atoms with E-state index in [1.807, 2.05) is 24.3 Å². The third-order valence-corrected chi connectivity index (χ3v) is 6.79. The van der Waals surface area contributed by atoms with Crippen LogP contribution >= 0.6 is 0 Å². The Balaban J connectivity index is 1.58. The largest absolute Gasteiger partial charge is 0.350 e. The van der Waals surface area contributed by atoms with Gasteiger partial charge in [0.1, 0.15) is 0 Å². The van der Waals surface area contributed by atoms with Crippen LogP contribution in [0.3, 0.4) is 0 Å². The molecular weight excluding hydrogens is 350 g/mol. The number of nitrogens with zero attached hydrogens (tertiary/aromatic N) is 2. The topological polar surface area (TPSA) is 54.3 Å². The Morgan fingerprint density at radius 2 is 1.71 bits per heavy atom. The highest BCUT2D eigenvalue weighted by Crippen LogP contribution is 2.35.